The third-order valence-electron chi connectivity index (χ3n) is 2.96. The molecule has 0 aromatic heterocycles. The summed E-state index contributed by atoms with van der Waals surface area (Å²) in [6.07, 6.45) is 5.47. The normalized spacial score (nSPS) is 23.5. The second kappa shape index (κ2) is 5.48. The zero-order valence-corrected chi connectivity index (χ0v) is 11.1. The van der Waals surface area contributed by atoms with Gasteiger partial charge in [0.1, 0.15) is 0 Å². The largest absolute Gasteiger partial charge is 0.402 e. The lowest BCUT2D eigenvalue weighted by Gasteiger charge is -2.27. The van der Waals surface area contributed by atoms with Gasteiger partial charge in [0, 0.05) is 18.8 Å². The number of likely N-dealkylation sites (N-methyl/N-ethyl adjacent to an activating group) is 1. The van der Waals surface area contributed by atoms with Gasteiger partial charge in [-0.05, 0) is 32.4 Å². The Morgan fingerprint density at radius 1 is 1.50 bits per heavy atom. The van der Waals surface area contributed by atoms with E-state index < -0.39 is 0 Å². The van der Waals surface area contributed by atoms with E-state index in [0.29, 0.717) is 0 Å². The van der Waals surface area contributed by atoms with E-state index in [-0.39, 0.29) is 5.54 Å². The van der Waals surface area contributed by atoms with Gasteiger partial charge in [-0.15, -0.1) is 0 Å². The van der Waals surface area contributed by atoms with Gasteiger partial charge in [-0.25, -0.2) is 0 Å². The Hall–Kier alpha value is -0.830. The Kier molecular flexibility index (Phi) is 4.54. The van der Waals surface area contributed by atoms with Crippen molar-refractivity contribution in [3.8, 4) is 0 Å². The highest BCUT2D eigenvalue weighted by molar-refractivity contribution is 5.98. The number of nitrogens with zero attached hydrogens (tertiary/aromatic N) is 2. The van der Waals surface area contributed by atoms with Gasteiger partial charge in [0.2, 0.25) is 0 Å². The molecular formula is C13H25N3. The average molecular weight is 223 g/mol. The van der Waals surface area contributed by atoms with Crippen molar-refractivity contribution in [2.24, 2.45) is 10.7 Å². The Morgan fingerprint density at radius 3 is 2.62 bits per heavy atom. The first kappa shape index (κ1) is 13.2. The first-order valence-electron chi connectivity index (χ1n) is 6.37. The molecule has 0 atom stereocenters. The summed E-state index contributed by atoms with van der Waals surface area (Å²) in [5.41, 5.74) is 8.19. The van der Waals surface area contributed by atoms with E-state index in [9.17, 15) is 0 Å². The number of allylic oxidation sites excluding steroid dienone is 1. The van der Waals surface area contributed by atoms with Crippen LogP contribution in [0.25, 0.3) is 0 Å². The van der Waals surface area contributed by atoms with Crippen LogP contribution in [0.3, 0.4) is 0 Å². The molecule has 1 saturated carbocycles. The van der Waals surface area contributed by atoms with Crippen LogP contribution < -0.4 is 5.73 Å². The minimum atomic E-state index is 0.271. The van der Waals surface area contributed by atoms with Gasteiger partial charge < -0.3 is 5.73 Å². The highest BCUT2D eigenvalue weighted by Crippen LogP contribution is 2.42. The summed E-state index contributed by atoms with van der Waals surface area (Å²) in [7, 11) is 2.16. The molecule has 1 spiro atoms. The first-order valence-corrected chi connectivity index (χ1v) is 6.37. The van der Waals surface area contributed by atoms with Gasteiger partial charge in [-0.2, -0.15) is 0 Å². The van der Waals surface area contributed by atoms with Crippen LogP contribution in [-0.4, -0.2) is 36.3 Å². The molecule has 0 saturated heterocycles. The molecule has 2 aliphatic rings. The van der Waals surface area contributed by atoms with E-state index in [2.05, 4.69) is 24.9 Å². The fourth-order valence-electron chi connectivity index (χ4n) is 2.02. The minimum absolute atomic E-state index is 0.271. The Morgan fingerprint density at radius 2 is 2.12 bits per heavy atom. The second-order valence-electron chi connectivity index (χ2n) is 4.57. The molecule has 0 unspecified atom stereocenters. The fourth-order valence-corrected chi connectivity index (χ4v) is 2.02. The molecule has 2 N–H and O–H groups in total. The van der Waals surface area contributed by atoms with Crippen molar-refractivity contribution in [1.29, 1.82) is 0 Å². The molecular weight excluding hydrogens is 198 g/mol. The quantitative estimate of drug-likeness (QED) is 0.779. The molecule has 1 aliphatic carbocycles. The lowest BCUT2D eigenvalue weighted by atomic mass is 10.1. The van der Waals surface area contributed by atoms with Gasteiger partial charge in [-0.3, -0.25) is 9.89 Å². The third-order valence-corrected chi connectivity index (χ3v) is 2.96. The SMILES string of the molecule is CC.CC/C(N)=C/C1=NC2(CC2)CN(C)C1. The molecule has 0 bridgehead atoms. The Balaban J connectivity index is 0.000000606. The summed E-state index contributed by atoms with van der Waals surface area (Å²) in [6, 6.07) is 0. The van der Waals surface area contributed by atoms with E-state index in [1.165, 1.54) is 12.8 Å². The van der Waals surface area contributed by atoms with Crippen LogP contribution in [0.2, 0.25) is 0 Å². The first-order chi connectivity index (χ1) is 7.63. The fraction of sp³-hybridized carbons (Fsp3) is 0.769. The lowest BCUT2D eigenvalue weighted by Crippen LogP contribution is -2.39. The smallest absolute Gasteiger partial charge is 0.0740 e. The van der Waals surface area contributed by atoms with Crippen LogP contribution in [0.15, 0.2) is 16.8 Å². The van der Waals surface area contributed by atoms with Crippen molar-refractivity contribution in [2.75, 3.05) is 20.1 Å². The highest BCUT2D eigenvalue weighted by atomic mass is 15.2. The van der Waals surface area contributed by atoms with Crippen LogP contribution in [0.4, 0.5) is 0 Å². The number of rotatable bonds is 2. The monoisotopic (exact) mass is 223 g/mol. The molecule has 0 aromatic rings. The van der Waals surface area contributed by atoms with Crippen LogP contribution in [0.1, 0.15) is 40.0 Å². The van der Waals surface area contributed by atoms with Crippen LogP contribution in [-0.2, 0) is 0 Å². The second-order valence-corrected chi connectivity index (χ2v) is 4.57. The zero-order chi connectivity index (χ0) is 12.2. The van der Waals surface area contributed by atoms with Crippen molar-refractivity contribution in [2.45, 2.75) is 45.6 Å². The van der Waals surface area contributed by atoms with E-state index >= 15 is 0 Å². The average Bonchev–Trinajstić information content (AvgIpc) is 2.98. The number of hydrogen-bond acceptors (Lipinski definition) is 3. The van der Waals surface area contributed by atoms with Crippen LogP contribution in [0, 0.1) is 0 Å². The lowest BCUT2D eigenvalue weighted by molar-refractivity contribution is 0.325. The molecule has 0 aromatic carbocycles. The summed E-state index contributed by atoms with van der Waals surface area (Å²) < 4.78 is 0. The molecule has 1 heterocycles. The molecule has 0 amide bonds. The van der Waals surface area contributed by atoms with Crippen molar-refractivity contribution in [3.05, 3.63) is 11.8 Å². The van der Waals surface area contributed by atoms with Crippen molar-refractivity contribution in [1.82, 2.24) is 4.90 Å². The Bertz CT molecular complexity index is 288. The molecule has 1 aliphatic heterocycles. The summed E-state index contributed by atoms with van der Waals surface area (Å²) in [4.78, 5) is 7.12. The third kappa shape index (κ3) is 3.34. The highest BCUT2D eigenvalue weighted by Gasteiger charge is 2.45. The number of hydrogen-bond donors (Lipinski definition) is 1. The predicted octanol–water partition coefficient (Wildman–Crippen LogP) is 2.18. The van der Waals surface area contributed by atoms with Gasteiger partial charge in [-0.1, -0.05) is 20.8 Å². The standard InChI is InChI=1S/C11H19N3.C2H6/c1-3-9(12)6-10-7-14(2)8-11(13-10)4-5-11;1-2/h6H,3-5,7-8,12H2,1-2H3;1-2H3/b9-6-;. The van der Waals surface area contributed by atoms with Gasteiger partial charge in [0.05, 0.1) is 11.3 Å². The van der Waals surface area contributed by atoms with Crippen molar-refractivity contribution in [3.63, 3.8) is 0 Å². The Labute approximate surface area is 99.4 Å². The molecule has 16 heavy (non-hydrogen) atoms. The molecule has 0 radical (unpaired) electrons. The van der Waals surface area contributed by atoms with E-state index in [1.807, 2.05) is 13.8 Å². The maximum atomic E-state index is 5.82. The van der Waals surface area contributed by atoms with E-state index in [0.717, 1.165) is 30.9 Å². The molecule has 2 rings (SSSR count). The van der Waals surface area contributed by atoms with Crippen molar-refractivity contribution < 1.29 is 0 Å². The number of nitrogens with two attached hydrogens (primary N) is 1. The van der Waals surface area contributed by atoms with Crippen LogP contribution >= 0.6 is 0 Å². The molecule has 1 fully saturated rings. The van der Waals surface area contributed by atoms with E-state index in [1.54, 1.807) is 0 Å². The zero-order valence-electron chi connectivity index (χ0n) is 11.1. The van der Waals surface area contributed by atoms with Gasteiger partial charge in [0.15, 0.2) is 0 Å². The summed E-state index contributed by atoms with van der Waals surface area (Å²) in [6.45, 7) is 8.14. The predicted molar refractivity (Wildman–Crippen MR) is 70.8 cm³/mol. The summed E-state index contributed by atoms with van der Waals surface area (Å²) in [5.74, 6) is 0. The number of aliphatic imine (C=N–C) groups is 1. The maximum absolute atomic E-state index is 5.82. The van der Waals surface area contributed by atoms with Crippen molar-refractivity contribution >= 4 is 5.71 Å². The topological polar surface area (TPSA) is 41.6 Å². The summed E-state index contributed by atoms with van der Waals surface area (Å²) >= 11 is 0. The maximum Gasteiger partial charge on any atom is 0.0740 e. The van der Waals surface area contributed by atoms with Gasteiger partial charge in [0.25, 0.3) is 0 Å². The molecule has 3 heteroatoms. The minimum Gasteiger partial charge on any atom is -0.402 e. The molecule has 3 nitrogen and oxygen atoms in total. The molecule has 92 valence electrons. The van der Waals surface area contributed by atoms with Crippen LogP contribution in [0.5, 0.6) is 0 Å². The van der Waals surface area contributed by atoms with E-state index in [4.69, 9.17) is 10.7 Å². The summed E-state index contributed by atoms with van der Waals surface area (Å²) in [5, 5.41) is 0. The van der Waals surface area contributed by atoms with Gasteiger partial charge >= 0.3 is 0 Å².